The van der Waals surface area contributed by atoms with Crippen LogP contribution < -0.4 is 14.4 Å². The van der Waals surface area contributed by atoms with Gasteiger partial charge in [-0.3, -0.25) is 9.10 Å². The second-order valence-corrected chi connectivity index (χ2v) is 12.1. The van der Waals surface area contributed by atoms with Crippen molar-refractivity contribution in [3.05, 3.63) is 69.6 Å². The molecular formula is C26H25ClN2O6S2. The minimum absolute atomic E-state index is 0.0447. The zero-order valence-electron chi connectivity index (χ0n) is 20.0. The molecular weight excluding hydrogens is 536 g/mol. The van der Waals surface area contributed by atoms with Crippen LogP contribution in [0.1, 0.15) is 40.6 Å². The Morgan fingerprint density at radius 2 is 1.86 bits per heavy atom. The monoisotopic (exact) mass is 560 g/mol. The summed E-state index contributed by atoms with van der Waals surface area (Å²) in [5, 5.41) is 3.66. The number of amides is 1. The van der Waals surface area contributed by atoms with Crippen LogP contribution in [0.3, 0.4) is 0 Å². The number of carbonyl (C=O) groups is 2. The van der Waals surface area contributed by atoms with E-state index in [1.807, 2.05) is 0 Å². The Bertz CT molecular complexity index is 1450. The fourth-order valence-electron chi connectivity index (χ4n) is 4.57. The molecule has 1 aromatic heterocycles. The van der Waals surface area contributed by atoms with Gasteiger partial charge in [-0.15, -0.1) is 11.3 Å². The molecule has 0 saturated heterocycles. The molecule has 194 valence electrons. The number of nitrogens with zero attached hydrogens (tertiary/aromatic N) is 1. The van der Waals surface area contributed by atoms with Gasteiger partial charge in [-0.05, 0) is 74.6 Å². The Morgan fingerprint density at radius 1 is 1.14 bits per heavy atom. The van der Waals surface area contributed by atoms with Crippen molar-refractivity contribution >= 4 is 55.5 Å². The van der Waals surface area contributed by atoms with Gasteiger partial charge in [0.15, 0.2) is 6.10 Å². The molecule has 1 N–H and O–H groups in total. The maximum atomic E-state index is 13.6. The van der Waals surface area contributed by atoms with E-state index < -0.39 is 28.0 Å². The van der Waals surface area contributed by atoms with E-state index in [0.717, 1.165) is 36.1 Å². The number of rotatable bonds is 6. The van der Waals surface area contributed by atoms with Crippen LogP contribution in [0.2, 0.25) is 5.02 Å². The first-order valence-corrected chi connectivity index (χ1v) is 14.6. The highest BCUT2D eigenvalue weighted by Gasteiger charge is 2.38. The van der Waals surface area contributed by atoms with Gasteiger partial charge in [0.2, 0.25) is 0 Å². The molecule has 8 nitrogen and oxygen atoms in total. The fourth-order valence-corrected chi connectivity index (χ4v) is 7.45. The van der Waals surface area contributed by atoms with Gasteiger partial charge in [-0.2, -0.15) is 0 Å². The van der Waals surface area contributed by atoms with Gasteiger partial charge >= 0.3 is 5.97 Å². The zero-order valence-corrected chi connectivity index (χ0v) is 22.4. The first-order chi connectivity index (χ1) is 17.8. The molecule has 2 aromatic carbocycles. The number of hydrogen-bond donors (Lipinski definition) is 1. The number of aryl methyl sites for hydroxylation is 1. The fraction of sp³-hybridized carbons (Fsp3) is 0.308. The zero-order chi connectivity index (χ0) is 26.2. The van der Waals surface area contributed by atoms with Crippen LogP contribution in [0.4, 0.5) is 10.7 Å². The highest BCUT2D eigenvalue weighted by Crippen LogP contribution is 2.40. The molecule has 1 aliphatic carbocycles. The molecule has 11 heteroatoms. The van der Waals surface area contributed by atoms with Gasteiger partial charge < -0.3 is 14.8 Å². The topological polar surface area (TPSA) is 102 Å². The standard InChI is InChI=1S/C26H25ClN2O6S2/c1-2-34-26(31)23-18-7-3-6-10-22(18)36-25(23)28-24(30)21-15-29(19-8-4-5-9-20(19)35-21)37(32,33)17-13-11-16(27)12-14-17/h4-5,8-9,11-14,21H,2-3,6-7,10,15H2,1H3,(H,28,30)/t21-/m0/s1. The summed E-state index contributed by atoms with van der Waals surface area (Å²) >= 11 is 7.32. The number of carbonyl (C=O) groups excluding carboxylic acids is 2. The summed E-state index contributed by atoms with van der Waals surface area (Å²) in [4.78, 5) is 27.4. The van der Waals surface area contributed by atoms with Crippen molar-refractivity contribution in [2.75, 3.05) is 22.8 Å². The lowest BCUT2D eigenvalue weighted by atomic mass is 9.95. The summed E-state index contributed by atoms with van der Waals surface area (Å²) in [6, 6.07) is 12.5. The molecule has 1 atom stereocenters. The smallest absolute Gasteiger partial charge is 0.341 e. The molecule has 37 heavy (non-hydrogen) atoms. The third kappa shape index (κ3) is 4.93. The number of esters is 1. The summed E-state index contributed by atoms with van der Waals surface area (Å²) in [5.41, 5.74) is 1.64. The number of halogens is 1. The number of thiophene rings is 1. The van der Waals surface area contributed by atoms with Gasteiger partial charge in [-0.1, -0.05) is 23.7 Å². The maximum absolute atomic E-state index is 13.6. The lowest BCUT2D eigenvalue weighted by molar-refractivity contribution is -0.122. The Kier molecular flexibility index (Phi) is 7.15. The lowest BCUT2D eigenvalue weighted by Gasteiger charge is -2.34. The van der Waals surface area contributed by atoms with Gasteiger partial charge in [0.05, 0.1) is 29.3 Å². The number of fused-ring (bicyclic) bond motifs is 2. The predicted octanol–water partition coefficient (Wildman–Crippen LogP) is 5.05. The van der Waals surface area contributed by atoms with Crippen LogP contribution in [0, 0.1) is 0 Å². The molecule has 2 heterocycles. The van der Waals surface area contributed by atoms with E-state index in [9.17, 15) is 18.0 Å². The summed E-state index contributed by atoms with van der Waals surface area (Å²) in [6.45, 7) is 1.71. The molecule has 0 unspecified atom stereocenters. The highest BCUT2D eigenvalue weighted by atomic mass is 35.5. The van der Waals surface area contributed by atoms with E-state index in [4.69, 9.17) is 21.1 Å². The Hall–Kier alpha value is -3.08. The lowest BCUT2D eigenvalue weighted by Crippen LogP contribution is -2.48. The summed E-state index contributed by atoms with van der Waals surface area (Å²) in [7, 11) is -4.02. The number of nitrogens with one attached hydrogen (secondary N) is 1. The van der Waals surface area contributed by atoms with E-state index in [1.165, 1.54) is 39.9 Å². The average Bonchev–Trinajstić information content (AvgIpc) is 3.26. The Balaban J connectivity index is 1.46. The molecule has 2 aliphatic rings. The number of para-hydroxylation sites is 2. The van der Waals surface area contributed by atoms with Crippen LogP contribution in [0.5, 0.6) is 5.75 Å². The Morgan fingerprint density at radius 3 is 2.62 bits per heavy atom. The molecule has 0 saturated carbocycles. The minimum Gasteiger partial charge on any atom is -0.476 e. The molecule has 0 spiro atoms. The summed E-state index contributed by atoms with van der Waals surface area (Å²) in [5.74, 6) is -0.753. The molecule has 0 radical (unpaired) electrons. The van der Waals surface area contributed by atoms with Crippen molar-refractivity contribution < 1.29 is 27.5 Å². The van der Waals surface area contributed by atoms with Crippen LogP contribution >= 0.6 is 22.9 Å². The average molecular weight is 561 g/mol. The van der Waals surface area contributed by atoms with Crippen molar-refractivity contribution in [3.63, 3.8) is 0 Å². The van der Waals surface area contributed by atoms with E-state index in [-0.39, 0.29) is 23.8 Å². The third-order valence-electron chi connectivity index (χ3n) is 6.32. The maximum Gasteiger partial charge on any atom is 0.341 e. The van der Waals surface area contributed by atoms with Crippen molar-refractivity contribution in [3.8, 4) is 5.75 Å². The van der Waals surface area contributed by atoms with Gasteiger partial charge in [0.25, 0.3) is 15.9 Å². The van der Waals surface area contributed by atoms with Gasteiger partial charge in [-0.25, -0.2) is 13.2 Å². The highest BCUT2D eigenvalue weighted by molar-refractivity contribution is 7.92. The van der Waals surface area contributed by atoms with E-state index in [1.54, 1.807) is 31.2 Å². The van der Waals surface area contributed by atoms with Crippen molar-refractivity contribution in [1.29, 1.82) is 0 Å². The second-order valence-electron chi connectivity index (χ2n) is 8.69. The van der Waals surface area contributed by atoms with Gasteiger partial charge in [0.1, 0.15) is 10.8 Å². The summed E-state index contributed by atoms with van der Waals surface area (Å²) in [6.07, 6.45) is 2.41. The molecule has 1 aliphatic heterocycles. The Labute approximate surface area is 224 Å². The quantitative estimate of drug-likeness (QED) is 0.423. The second kappa shape index (κ2) is 10.4. The number of ether oxygens (including phenoxy) is 2. The SMILES string of the molecule is CCOC(=O)c1c(NC(=O)[C@@H]2CN(S(=O)(=O)c3ccc(Cl)cc3)c3ccccc3O2)sc2c1CCCC2. The molecule has 1 amide bonds. The number of benzene rings is 2. The van der Waals surface area contributed by atoms with Crippen LogP contribution in [0.15, 0.2) is 53.4 Å². The van der Waals surface area contributed by atoms with Crippen molar-refractivity contribution in [1.82, 2.24) is 0 Å². The molecule has 0 fully saturated rings. The van der Waals surface area contributed by atoms with Crippen LogP contribution in [-0.2, 0) is 32.4 Å². The van der Waals surface area contributed by atoms with Crippen LogP contribution in [0.25, 0.3) is 0 Å². The molecule has 3 aromatic rings. The summed E-state index contributed by atoms with van der Waals surface area (Å²) < 4.78 is 39.5. The van der Waals surface area contributed by atoms with Gasteiger partial charge in [0, 0.05) is 9.90 Å². The first-order valence-electron chi connectivity index (χ1n) is 12.0. The number of sulfonamides is 1. The molecule has 5 rings (SSSR count). The van der Waals surface area contributed by atoms with Crippen molar-refractivity contribution in [2.45, 2.75) is 43.6 Å². The number of hydrogen-bond acceptors (Lipinski definition) is 7. The predicted molar refractivity (Wildman–Crippen MR) is 142 cm³/mol. The van der Waals surface area contributed by atoms with E-state index in [2.05, 4.69) is 5.32 Å². The molecule has 0 bridgehead atoms. The van der Waals surface area contributed by atoms with E-state index in [0.29, 0.717) is 21.3 Å². The van der Waals surface area contributed by atoms with E-state index >= 15 is 0 Å². The normalized spacial score (nSPS) is 16.8. The minimum atomic E-state index is -4.02. The number of anilines is 2. The first kappa shape index (κ1) is 25.6. The third-order valence-corrected chi connectivity index (χ3v) is 9.57. The van der Waals surface area contributed by atoms with Crippen molar-refractivity contribution in [2.24, 2.45) is 0 Å². The largest absolute Gasteiger partial charge is 0.476 e. The van der Waals surface area contributed by atoms with Crippen LogP contribution in [-0.4, -0.2) is 39.5 Å².